The van der Waals surface area contributed by atoms with Crippen LogP contribution in [0.4, 0.5) is 5.69 Å². The molecule has 100 valence electrons. The van der Waals surface area contributed by atoms with E-state index in [9.17, 15) is 10.1 Å². The third kappa shape index (κ3) is 3.14. The van der Waals surface area contributed by atoms with Crippen molar-refractivity contribution in [2.45, 2.75) is 32.6 Å². The minimum atomic E-state index is 0.571. The molecule has 0 bridgehead atoms. The number of piperidine rings is 1. The van der Waals surface area contributed by atoms with Gasteiger partial charge >= 0.3 is 0 Å². The standard InChI is InChI=1S/C16H20N2O/c1-2-3-13-6-8-18(9-7-13)16-5-4-14(12-19)10-15(16)11-17/h4-5,10,12-13H,2-3,6-9H2,1H3. The third-order valence-corrected chi connectivity index (χ3v) is 3.93. The van der Waals surface area contributed by atoms with Crippen molar-refractivity contribution in [2.75, 3.05) is 18.0 Å². The van der Waals surface area contributed by atoms with Crippen LogP contribution in [-0.4, -0.2) is 19.4 Å². The van der Waals surface area contributed by atoms with Crippen LogP contribution in [0.1, 0.15) is 48.5 Å². The summed E-state index contributed by atoms with van der Waals surface area (Å²) < 4.78 is 0. The lowest BCUT2D eigenvalue weighted by Crippen LogP contribution is -2.34. The van der Waals surface area contributed by atoms with E-state index in [1.807, 2.05) is 6.07 Å². The second-order valence-corrected chi connectivity index (χ2v) is 5.23. The van der Waals surface area contributed by atoms with Crippen molar-refractivity contribution in [1.29, 1.82) is 5.26 Å². The molecule has 3 heteroatoms. The van der Waals surface area contributed by atoms with Gasteiger partial charge in [-0.25, -0.2) is 0 Å². The summed E-state index contributed by atoms with van der Waals surface area (Å²) >= 11 is 0. The third-order valence-electron chi connectivity index (χ3n) is 3.93. The number of hydrogen-bond acceptors (Lipinski definition) is 3. The first kappa shape index (κ1) is 13.6. The highest BCUT2D eigenvalue weighted by atomic mass is 16.1. The minimum absolute atomic E-state index is 0.571. The van der Waals surface area contributed by atoms with E-state index in [4.69, 9.17) is 0 Å². The number of carbonyl (C=O) groups is 1. The number of rotatable bonds is 4. The number of carbonyl (C=O) groups excluding carboxylic acids is 1. The topological polar surface area (TPSA) is 44.1 Å². The van der Waals surface area contributed by atoms with Crippen molar-refractivity contribution in [3.63, 3.8) is 0 Å². The Labute approximate surface area is 114 Å². The Morgan fingerprint density at radius 2 is 2.16 bits per heavy atom. The smallest absolute Gasteiger partial charge is 0.150 e. The molecule has 1 aliphatic heterocycles. The molecular formula is C16H20N2O. The van der Waals surface area contributed by atoms with Crippen LogP contribution in [0.15, 0.2) is 18.2 Å². The molecule has 1 fully saturated rings. The number of hydrogen-bond donors (Lipinski definition) is 0. The second kappa shape index (κ2) is 6.38. The lowest BCUT2D eigenvalue weighted by Gasteiger charge is -2.34. The van der Waals surface area contributed by atoms with E-state index in [1.54, 1.807) is 12.1 Å². The highest BCUT2D eigenvalue weighted by Crippen LogP contribution is 2.28. The monoisotopic (exact) mass is 256 g/mol. The second-order valence-electron chi connectivity index (χ2n) is 5.23. The molecule has 1 aromatic carbocycles. The van der Waals surface area contributed by atoms with Crippen molar-refractivity contribution >= 4 is 12.0 Å². The van der Waals surface area contributed by atoms with Gasteiger partial charge in [-0.3, -0.25) is 4.79 Å². The maximum atomic E-state index is 10.8. The Hall–Kier alpha value is -1.82. The molecule has 0 amide bonds. The van der Waals surface area contributed by atoms with Gasteiger partial charge in [-0.15, -0.1) is 0 Å². The molecular weight excluding hydrogens is 236 g/mol. The summed E-state index contributed by atoms with van der Waals surface area (Å²) in [6, 6.07) is 7.58. The largest absolute Gasteiger partial charge is 0.370 e. The summed E-state index contributed by atoms with van der Waals surface area (Å²) in [5, 5.41) is 9.21. The van der Waals surface area contributed by atoms with Crippen LogP contribution >= 0.6 is 0 Å². The summed E-state index contributed by atoms with van der Waals surface area (Å²) in [6.45, 7) is 4.26. The Morgan fingerprint density at radius 1 is 1.42 bits per heavy atom. The fourth-order valence-electron chi connectivity index (χ4n) is 2.86. The first-order valence-electron chi connectivity index (χ1n) is 7.02. The highest BCUT2D eigenvalue weighted by molar-refractivity contribution is 5.78. The van der Waals surface area contributed by atoms with Crippen LogP contribution < -0.4 is 4.90 Å². The molecule has 1 saturated heterocycles. The molecule has 0 radical (unpaired) electrons. The quantitative estimate of drug-likeness (QED) is 0.776. The first-order chi connectivity index (χ1) is 9.28. The molecule has 1 aromatic rings. The van der Waals surface area contributed by atoms with Gasteiger partial charge in [0.1, 0.15) is 12.4 Å². The molecule has 0 N–H and O–H groups in total. The summed E-state index contributed by atoms with van der Waals surface area (Å²) in [6.07, 6.45) is 5.76. The molecule has 0 atom stereocenters. The lowest BCUT2D eigenvalue weighted by molar-refractivity contribution is 0.112. The van der Waals surface area contributed by atoms with Crippen LogP contribution in [0.25, 0.3) is 0 Å². The van der Waals surface area contributed by atoms with Gasteiger partial charge in [-0.05, 0) is 37.0 Å². The van der Waals surface area contributed by atoms with Crippen LogP contribution in [0.5, 0.6) is 0 Å². The number of benzene rings is 1. The zero-order chi connectivity index (χ0) is 13.7. The average molecular weight is 256 g/mol. The van der Waals surface area contributed by atoms with Gasteiger partial charge in [0, 0.05) is 18.7 Å². The average Bonchev–Trinajstić information content (AvgIpc) is 2.48. The number of anilines is 1. The van der Waals surface area contributed by atoms with Gasteiger partial charge < -0.3 is 4.90 Å². The molecule has 1 aliphatic rings. The molecule has 0 aromatic heterocycles. The normalized spacial score (nSPS) is 16.1. The highest BCUT2D eigenvalue weighted by Gasteiger charge is 2.20. The predicted molar refractivity (Wildman–Crippen MR) is 76.4 cm³/mol. The van der Waals surface area contributed by atoms with Gasteiger partial charge in [0.2, 0.25) is 0 Å². The van der Waals surface area contributed by atoms with Crippen molar-refractivity contribution in [1.82, 2.24) is 0 Å². The Kier molecular flexibility index (Phi) is 4.57. The van der Waals surface area contributed by atoms with Gasteiger partial charge in [-0.1, -0.05) is 19.8 Å². The van der Waals surface area contributed by atoms with Gasteiger partial charge in [0.15, 0.2) is 0 Å². The van der Waals surface area contributed by atoms with Gasteiger partial charge in [0.05, 0.1) is 11.3 Å². The van der Waals surface area contributed by atoms with Crippen molar-refractivity contribution in [3.8, 4) is 6.07 Å². The Bertz CT molecular complexity index is 482. The fourth-order valence-corrected chi connectivity index (χ4v) is 2.86. The minimum Gasteiger partial charge on any atom is -0.370 e. The molecule has 2 rings (SSSR count). The fraction of sp³-hybridized carbons (Fsp3) is 0.500. The zero-order valence-corrected chi connectivity index (χ0v) is 11.4. The summed E-state index contributed by atoms with van der Waals surface area (Å²) in [7, 11) is 0. The van der Waals surface area contributed by atoms with Crippen molar-refractivity contribution in [2.24, 2.45) is 5.92 Å². The molecule has 3 nitrogen and oxygen atoms in total. The molecule has 0 spiro atoms. The van der Waals surface area contributed by atoms with Gasteiger partial charge in [0.25, 0.3) is 0 Å². The van der Waals surface area contributed by atoms with E-state index in [1.165, 1.54) is 25.7 Å². The number of aldehydes is 1. The van der Waals surface area contributed by atoms with Gasteiger partial charge in [-0.2, -0.15) is 5.26 Å². The molecule has 0 saturated carbocycles. The maximum Gasteiger partial charge on any atom is 0.150 e. The molecule has 19 heavy (non-hydrogen) atoms. The van der Waals surface area contributed by atoms with E-state index in [-0.39, 0.29) is 0 Å². The van der Waals surface area contributed by atoms with E-state index in [0.717, 1.165) is 31.0 Å². The number of nitrogens with zero attached hydrogens (tertiary/aromatic N) is 2. The van der Waals surface area contributed by atoms with E-state index in [2.05, 4.69) is 17.9 Å². The van der Waals surface area contributed by atoms with Crippen LogP contribution in [-0.2, 0) is 0 Å². The SMILES string of the molecule is CCCC1CCN(c2ccc(C=O)cc2C#N)CC1. The summed E-state index contributed by atoms with van der Waals surface area (Å²) in [4.78, 5) is 13.0. The maximum absolute atomic E-state index is 10.8. The Balaban J connectivity index is 2.11. The molecule has 0 aliphatic carbocycles. The number of nitriles is 1. The van der Waals surface area contributed by atoms with E-state index in [0.29, 0.717) is 11.1 Å². The molecule has 1 heterocycles. The Morgan fingerprint density at radius 3 is 2.74 bits per heavy atom. The van der Waals surface area contributed by atoms with Crippen LogP contribution in [0, 0.1) is 17.2 Å². The predicted octanol–water partition coefficient (Wildman–Crippen LogP) is 3.39. The zero-order valence-electron chi connectivity index (χ0n) is 11.4. The van der Waals surface area contributed by atoms with Crippen LogP contribution in [0.3, 0.4) is 0 Å². The van der Waals surface area contributed by atoms with E-state index >= 15 is 0 Å². The van der Waals surface area contributed by atoms with Crippen LogP contribution in [0.2, 0.25) is 0 Å². The van der Waals surface area contributed by atoms with Crippen molar-refractivity contribution < 1.29 is 4.79 Å². The summed E-state index contributed by atoms with van der Waals surface area (Å²) in [5.74, 6) is 0.834. The molecule has 0 unspecified atom stereocenters. The summed E-state index contributed by atoms with van der Waals surface area (Å²) in [5.41, 5.74) is 2.16. The van der Waals surface area contributed by atoms with E-state index < -0.39 is 0 Å². The lowest BCUT2D eigenvalue weighted by atomic mass is 9.92. The first-order valence-corrected chi connectivity index (χ1v) is 7.02. The van der Waals surface area contributed by atoms with Crippen molar-refractivity contribution in [3.05, 3.63) is 29.3 Å².